The Bertz CT molecular complexity index is 825. The molecule has 0 saturated carbocycles. The van der Waals surface area contributed by atoms with Gasteiger partial charge >= 0.3 is 11.9 Å². The molecule has 10 heteroatoms. The molecule has 0 amide bonds. The lowest BCUT2D eigenvalue weighted by Crippen LogP contribution is -2.59. The zero-order chi connectivity index (χ0) is 38.1. The first-order valence-corrected chi connectivity index (χ1v) is 21.6. The van der Waals surface area contributed by atoms with Crippen molar-refractivity contribution in [1.29, 1.82) is 0 Å². The Balaban J connectivity index is 2.27. The van der Waals surface area contributed by atoms with Gasteiger partial charge in [-0.2, -0.15) is 0 Å². The quantitative estimate of drug-likeness (QED) is 0.0363. The van der Waals surface area contributed by atoms with Crippen molar-refractivity contribution in [2.75, 3.05) is 19.8 Å². The summed E-state index contributed by atoms with van der Waals surface area (Å²) in [5, 5.41) is 39.9. The number of aliphatic hydroxyl groups excluding tert-OH is 4. The van der Waals surface area contributed by atoms with Crippen molar-refractivity contribution in [3.05, 3.63) is 0 Å². The molecule has 0 aliphatic carbocycles. The van der Waals surface area contributed by atoms with E-state index in [9.17, 15) is 30.0 Å². The Morgan fingerprint density at radius 3 is 1.31 bits per heavy atom. The van der Waals surface area contributed by atoms with Gasteiger partial charge in [-0.15, -0.1) is 0 Å². The predicted octanol–water partition coefficient (Wildman–Crippen LogP) is 8.61. The van der Waals surface area contributed by atoms with Crippen LogP contribution in [0.1, 0.15) is 200 Å². The van der Waals surface area contributed by atoms with Crippen molar-refractivity contribution >= 4 is 11.9 Å². The van der Waals surface area contributed by atoms with E-state index in [2.05, 4.69) is 13.8 Å². The van der Waals surface area contributed by atoms with Gasteiger partial charge in [-0.1, -0.05) is 174 Å². The lowest BCUT2D eigenvalue weighted by Gasteiger charge is -2.39. The van der Waals surface area contributed by atoms with Crippen molar-refractivity contribution in [2.45, 2.75) is 237 Å². The maximum Gasteiger partial charge on any atom is 0.306 e. The summed E-state index contributed by atoms with van der Waals surface area (Å²) in [7, 11) is 0. The van der Waals surface area contributed by atoms with E-state index in [0.29, 0.717) is 6.42 Å². The van der Waals surface area contributed by atoms with Crippen LogP contribution in [0.4, 0.5) is 0 Å². The van der Waals surface area contributed by atoms with Gasteiger partial charge in [0.2, 0.25) is 0 Å². The molecule has 4 N–H and O–H groups in total. The van der Waals surface area contributed by atoms with Gasteiger partial charge in [0, 0.05) is 12.8 Å². The Kier molecular flexibility index (Phi) is 32.1. The third-order valence-electron chi connectivity index (χ3n) is 10.2. The van der Waals surface area contributed by atoms with Crippen molar-refractivity contribution in [2.24, 2.45) is 0 Å². The fourth-order valence-corrected chi connectivity index (χ4v) is 6.78. The third kappa shape index (κ3) is 25.7. The average molecular weight is 745 g/mol. The molecule has 52 heavy (non-hydrogen) atoms. The first kappa shape index (κ1) is 48.7. The van der Waals surface area contributed by atoms with E-state index in [-0.39, 0.29) is 32.0 Å². The molecule has 0 spiro atoms. The average Bonchev–Trinajstić information content (AvgIpc) is 3.14. The molecule has 1 saturated heterocycles. The fraction of sp³-hybridized carbons (Fsp3) is 0.952. The van der Waals surface area contributed by atoms with Crippen molar-refractivity contribution < 1.29 is 49.0 Å². The predicted molar refractivity (Wildman–Crippen MR) is 206 cm³/mol. The Morgan fingerprint density at radius 2 is 0.904 bits per heavy atom. The number of hydrogen-bond acceptors (Lipinski definition) is 10. The van der Waals surface area contributed by atoms with E-state index >= 15 is 0 Å². The highest BCUT2D eigenvalue weighted by atomic mass is 16.7. The smallest absolute Gasteiger partial charge is 0.306 e. The number of unbranched alkanes of at least 4 members (excludes halogenated alkanes) is 25. The molecule has 1 aliphatic heterocycles. The highest BCUT2D eigenvalue weighted by Gasteiger charge is 2.44. The number of hydrogen-bond donors (Lipinski definition) is 4. The van der Waals surface area contributed by atoms with Crippen LogP contribution in [-0.4, -0.2) is 89.0 Å². The molecule has 1 heterocycles. The molecular formula is C42H80O10. The van der Waals surface area contributed by atoms with Gasteiger partial charge in [0.05, 0.1) is 13.2 Å². The van der Waals surface area contributed by atoms with E-state index in [1.54, 1.807) is 0 Å². The first-order chi connectivity index (χ1) is 25.3. The van der Waals surface area contributed by atoms with Crippen LogP contribution >= 0.6 is 0 Å². The Morgan fingerprint density at radius 1 is 0.519 bits per heavy atom. The van der Waals surface area contributed by atoms with Gasteiger partial charge < -0.3 is 39.4 Å². The highest BCUT2D eigenvalue weighted by molar-refractivity contribution is 5.70. The summed E-state index contributed by atoms with van der Waals surface area (Å²) in [6.45, 7) is 3.42. The molecule has 10 nitrogen and oxygen atoms in total. The number of esters is 2. The van der Waals surface area contributed by atoms with E-state index in [1.807, 2.05) is 0 Å². The molecule has 1 aliphatic rings. The zero-order valence-corrected chi connectivity index (χ0v) is 33.3. The molecule has 0 aromatic heterocycles. The normalized spacial score (nSPS) is 20.9. The van der Waals surface area contributed by atoms with E-state index < -0.39 is 49.4 Å². The third-order valence-corrected chi connectivity index (χ3v) is 10.2. The molecular weight excluding hydrogens is 664 g/mol. The molecule has 0 aromatic rings. The van der Waals surface area contributed by atoms with Gasteiger partial charge in [-0.25, -0.2) is 0 Å². The second-order valence-electron chi connectivity index (χ2n) is 15.2. The summed E-state index contributed by atoms with van der Waals surface area (Å²) < 4.78 is 22.1. The minimum Gasteiger partial charge on any atom is -0.462 e. The number of carbonyl (C=O) groups is 2. The van der Waals surface area contributed by atoms with Crippen molar-refractivity contribution in [1.82, 2.24) is 0 Å². The summed E-state index contributed by atoms with van der Waals surface area (Å²) in [6, 6.07) is 0. The lowest BCUT2D eigenvalue weighted by atomic mass is 9.99. The SMILES string of the molecule is CCCCCCCCCCCCCCCCCCCCC(=O)OC[C@@H](CO[C@H]1O[C@@H](CO)[C@@H](O)C(O)C1O)OC(=O)CCCCCCCCCCC. The van der Waals surface area contributed by atoms with Crippen molar-refractivity contribution in [3.63, 3.8) is 0 Å². The van der Waals surface area contributed by atoms with E-state index in [0.717, 1.165) is 38.5 Å². The van der Waals surface area contributed by atoms with E-state index in [4.69, 9.17) is 18.9 Å². The first-order valence-electron chi connectivity index (χ1n) is 21.6. The van der Waals surface area contributed by atoms with E-state index in [1.165, 1.54) is 128 Å². The van der Waals surface area contributed by atoms with Crippen LogP contribution in [0.25, 0.3) is 0 Å². The van der Waals surface area contributed by atoms with Crippen LogP contribution in [0, 0.1) is 0 Å². The van der Waals surface area contributed by atoms with Gasteiger partial charge in [-0.3, -0.25) is 9.59 Å². The molecule has 0 bridgehead atoms. The minimum atomic E-state index is -1.59. The maximum absolute atomic E-state index is 12.7. The van der Waals surface area contributed by atoms with Gasteiger partial charge in [0.25, 0.3) is 0 Å². The van der Waals surface area contributed by atoms with Crippen LogP contribution in [0.15, 0.2) is 0 Å². The summed E-state index contributed by atoms with van der Waals surface area (Å²) in [6.07, 6.45) is 25.5. The molecule has 308 valence electrons. The molecule has 2 unspecified atom stereocenters. The van der Waals surface area contributed by atoms with Gasteiger partial charge in [0.1, 0.15) is 31.0 Å². The van der Waals surface area contributed by atoms with Crippen molar-refractivity contribution in [3.8, 4) is 0 Å². The monoisotopic (exact) mass is 745 g/mol. The van der Waals surface area contributed by atoms with Crippen LogP contribution in [0.5, 0.6) is 0 Å². The number of carbonyl (C=O) groups excluding carboxylic acids is 2. The maximum atomic E-state index is 12.7. The summed E-state index contributed by atoms with van der Waals surface area (Å²) in [4.78, 5) is 25.2. The van der Waals surface area contributed by atoms with Crippen LogP contribution in [0.3, 0.4) is 0 Å². The largest absolute Gasteiger partial charge is 0.462 e. The second kappa shape index (κ2) is 34.2. The highest BCUT2D eigenvalue weighted by Crippen LogP contribution is 2.23. The Hall–Kier alpha value is -1.30. The van der Waals surface area contributed by atoms with Crippen LogP contribution in [0.2, 0.25) is 0 Å². The molecule has 1 fully saturated rings. The van der Waals surface area contributed by atoms with Gasteiger partial charge in [-0.05, 0) is 12.8 Å². The minimum absolute atomic E-state index is 0.210. The number of rotatable bonds is 36. The number of ether oxygens (including phenoxy) is 4. The topological polar surface area (TPSA) is 152 Å². The molecule has 6 atom stereocenters. The Labute approximate surface area is 317 Å². The zero-order valence-electron chi connectivity index (χ0n) is 33.3. The molecule has 0 aromatic carbocycles. The van der Waals surface area contributed by atoms with Crippen LogP contribution < -0.4 is 0 Å². The second-order valence-corrected chi connectivity index (χ2v) is 15.2. The fourth-order valence-electron chi connectivity index (χ4n) is 6.78. The lowest BCUT2D eigenvalue weighted by molar-refractivity contribution is -0.305. The molecule has 1 rings (SSSR count). The van der Waals surface area contributed by atoms with Crippen LogP contribution in [-0.2, 0) is 28.5 Å². The van der Waals surface area contributed by atoms with Gasteiger partial charge in [0.15, 0.2) is 12.4 Å². The number of aliphatic hydroxyl groups is 4. The summed E-state index contributed by atoms with van der Waals surface area (Å²) in [5.74, 6) is -0.797. The summed E-state index contributed by atoms with van der Waals surface area (Å²) >= 11 is 0. The summed E-state index contributed by atoms with van der Waals surface area (Å²) in [5.41, 5.74) is 0. The molecule has 0 radical (unpaired) electrons. The standard InChI is InChI=1S/C42H80O10/c1-3-5-7-9-11-13-14-15-16-17-18-19-20-21-23-24-26-28-30-37(44)49-33-35(34-50-42-41(48)40(47)39(46)36(32-43)52-42)51-38(45)31-29-27-25-22-12-10-8-6-4-2/h35-36,39-43,46-48H,3-34H2,1-2H3/t35-,36-,39+,40?,41?,42-/m0/s1.